The van der Waals surface area contributed by atoms with Gasteiger partial charge >= 0.3 is 11.8 Å². The minimum atomic E-state index is -0.786. The van der Waals surface area contributed by atoms with Crippen molar-refractivity contribution >= 4 is 6.09 Å². The standard InChI is InChI=1S/C20H22N2O5/c1-13-8-10-14(11-9-13)27-20(25)21-16-6-4-5-15(16)18(23)22(19(21)24)17-7-2-3-12-26-17/h8-11,17H,2-7,12H2,1H3. The summed E-state index contributed by atoms with van der Waals surface area (Å²) in [6.45, 7) is 2.44. The van der Waals surface area contributed by atoms with Gasteiger partial charge in [-0.25, -0.2) is 14.2 Å². The van der Waals surface area contributed by atoms with E-state index >= 15 is 0 Å². The Morgan fingerprint density at radius 1 is 1.11 bits per heavy atom. The Morgan fingerprint density at radius 3 is 2.59 bits per heavy atom. The minimum absolute atomic E-state index is 0.334. The summed E-state index contributed by atoms with van der Waals surface area (Å²) >= 11 is 0. The molecule has 2 aliphatic rings. The number of hydrogen-bond acceptors (Lipinski definition) is 5. The van der Waals surface area contributed by atoms with Gasteiger partial charge in [-0.05, 0) is 57.6 Å². The van der Waals surface area contributed by atoms with Gasteiger partial charge in [0.1, 0.15) is 12.0 Å². The molecular formula is C20H22N2O5. The van der Waals surface area contributed by atoms with Gasteiger partial charge < -0.3 is 9.47 Å². The van der Waals surface area contributed by atoms with E-state index in [0.29, 0.717) is 42.9 Å². The van der Waals surface area contributed by atoms with Gasteiger partial charge in [-0.1, -0.05) is 17.7 Å². The van der Waals surface area contributed by atoms with Crippen LogP contribution in [-0.2, 0) is 17.6 Å². The highest BCUT2D eigenvalue weighted by Crippen LogP contribution is 2.23. The molecule has 4 rings (SSSR count). The van der Waals surface area contributed by atoms with Crippen LogP contribution in [0.2, 0.25) is 0 Å². The molecule has 7 nitrogen and oxygen atoms in total. The number of rotatable bonds is 2. The fourth-order valence-electron chi connectivity index (χ4n) is 3.78. The van der Waals surface area contributed by atoms with Crippen molar-refractivity contribution in [2.45, 2.75) is 51.7 Å². The van der Waals surface area contributed by atoms with Crippen molar-refractivity contribution in [2.75, 3.05) is 6.61 Å². The molecule has 2 aromatic rings. The maximum absolute atomic E-state index is 13.1. The van der Waals surface area contributed by atoms with Crippen molar-refractivity contribution in [2.24, 2.45) is 0 Å². The number of carbonyl (C=O) groups is 1. The van der Waals surface area contributed by atoms with Gasteiger partial charge in [0.25, 0.3) is 5.56 Å². The maximum atomic E-state index is 13.1. The smallest absolute Gasteiger partial charge is 0.410 e. The molecular weight excluding hydrogens is 348 g/mol. The third-order valence-corrected chi connectivity index (χ3v) is 5.19. The lowest BCUT2D eigenvalue weighted by Crippen LogP contribution is -2.48. The molecule has 1 aromatic carbocycles. The summed E-state index contributed by atoms with van der Waals surface area (Å²) in [4.78, 5) is 38.8. The van der Waals surface area contributed by atoms with Crippen LogP contribution in [0.3, 0.4) is 0 Å². The van der Waals surface area contributed by atoms with Gasteiger partial charge in [-0.2, -0.15) is 4.57 Å². The Bertz CT molecular complexity index is 981. The highest BCUT2D eigenvalue weighted by atomic mass is 16.6. The molecule has 1 atom stereocenters. The first-order valence-electron chi connectivity index (χ1n) is 9.36. The lowest BCUT2D eigenvalue weighted by molar-refractivity contribution is -0.0374. The van der Waals surface area contributed by atoms with E-state index < -0.39 is 18.0 Å². The fraction of sp³-hybridized carbons (Fsp3) is 0.450. The first-order chi connectivity index (χ1) is 13.1. The quantitative estimate of drug-likeness (QED) is 0.812. The average molecular weight is 370 g/mol. The number of fused-ring (bicyclic) bond motifs is 1. The van der Waals surface area contributed by atoms with Gasteiger partial charge in [-0.3, -0.25) is 4.79 Å². The zero-order valence-corrected chi connectivity index (χ0v) is 15.3. The Labute approximate surface area is 156 Å². The summed E-state index contributed by atoms with van der Waals surface area (Å²) in [5, 5.41) is 0. The van der Waals surface area contributed by atoms with E-state index in [4.69, 9.17) is 9.47 Å². The first-order valence-corrected chi connectivity index (χ1v) is 9.36. The summed E-state index contributed by atoms with van der Waals surface area (Å²) in [5.74, 6) is 0.357. The van der Waals surface area contributed by atoms with Crippen LogP contribution >= 0.6 is 0 Å². The average Bonchev–Trinajstić information content (AvgIpc) is 3.14. The van der Waals surface area contributed by atoms with E-state index in [9.17, 15) is 14.4 Å². The molecule has 1 saturated heterocycles. The second kappa shape index (κ2) is 7.15. The number of benzene rings is 1. The Morgan fingerprint density at radius 2 is 1.89 bits per heavy atom. The predicted molar refractivity (Wildman–Crippen MR) is 98.4 cm³/mol. The number of carbonyl (C=O) groups excluding carboxylic acids is 1. The molecule has 0 bridgehead atoms. The highest BCUT2D eigenvalue weighted by Gasteiger charge is 2.30. The molecule has 1 aliphatic carbocycles. The minimum Gasteiger partial charge on any atom is -0.410 e. The van der Waals surface area contributed by atoms with Crippen LogP contribution in [0.4, 0.5) is 4.79 Å². The van der Waals surface area contributed by atoms with Crippen molar-refractivity contribution in [3.63, 3.8) is 0 Å². The Balaban J connectivity index is 1.78. The summed E-state index contributed by atoms with van der Waals surface area (Å²) < 4.78 is 13.2. The van der Waals surface area contributed by atoms with Crippen molar-refractivity contribution in [1.29, 1.82) is 0 Å². The largest absolute Gasteiger partial charge is 0.427 e. The maximum Gasteiger partial charge on any atom is 0.427 e. The van der Waals surface area contributed by atoms with Crippen molar-refractivity contribution in [1.82, 2.24) is 9.13 Å². The fourth-order valence-corrected chi connectivity index (χ4v) is 3.78. The molecule has 0 radical (unpaired) electrons. The molecule has 1 unspecified atom stereocenters. The van der Waals surface area contributed by atoms with Crippen LogP contribution in [0, 0.1) is 6.92 Å². The van der Waals surface area contributed by atoms with E-state index in [2.05, 4.69) is 0 Å². The SMILES string of the molecule is Cc1ccc(OC(=O)n2c3c(c(=O)n(C4CCCCO4)c2=O)CCC3)cc1. The van der Waals surface area contributed by atoms with Crippen LogP contribution in [0.15, 0.2) is 33.9 Å². The molecule has 0 spiro atoms. The molecule has 0 amide bonds. The highest BCUT2D eigenvalue weighted by molar-refractivity contribution is 5.74. The van der Waals surface area contributed by atoms with E-state index in [1.54, 1.807) is 12.1 Å². The van der Waals surface area contributed by atoms with Gasteiger partial charge in [0.15, 0.2) is 0 Å². The van der Waals surface area contributed by atoms with Gasteiger partial charge in [0, 0.05) is 17.9 Å². The number of hydrogen-bond donors (Lipinski definition) is 0. The second-order valence-electron chi connectivity index (χ2n) is 7.07. The molecule has 1 aliphatic heterocycles. The summed E-state index contributed by atoms with van der Waals surface area (Å²) in [5.41, 5.74) is 1.01. The number of nitrogens with zero attached hydrogens (tertiary/aromatic N) is 2. The first kappa shape index (κ1) is 17.7. The topological polar surface area (TPSA) is 79.5 Å². The summed E-state index contributed by atoms with van der Waals surface area (Å²) in [6.07, 6.45) is 2.75. The Kier molecular flexibility index (Phi) is 4.70. The molecule has 142 valence electrons. The molecule has 0 N–H and O–H groups in total. The normalized spacial score (nSPS) is 18.9. The summed E-state index contributed by atoms with van der Waals surface area (Å²) in [6, 6.07) is 7.01. The van der Waals surface area contributed by atoms with Crippen molar-refractivity contribution in [3.05, 3.63) is 61.9 Å². The number of ether oxygens (including phenoxy) is 2. The van der Waals surface area contributed by atoms with Crippen LogP contribution in [-0.4, -0.2) is 21.8 Å². The van der Waals surface area contributed by atoms with Gasteiger partial charge in [0.05, 0.1) is 0 Å². The van der Waals surface area contributed by atoms with Gasteiger partial charge in [-0.15, -0.1) is 0 Å². The number of aryl methyl sites for hydroxylation is 1. The van der Waals surface area contributed by atoms with Crippen LogP contribution < -0.4 is 16.0 Å². The molecule has 7 heteroatoms. The third-order valence-electron chi connectivity index (χ3n) is 5.19. The molecule has 1 aromatic heterocycles. The number of aromatic nitrogens is 2. The molecule has 1 fully saturated rings. The van der Waals surface area contributed by atoms with E-state index in [1.165, 1.54) is 0 Å². The molecule has 27 heavy (non-hydrogen) atoms. The van der Waals surface area contributed by atoms with E-state index in [1.807, 2.05) is 19.1 Å². The van der Waals surface area contributed by atoms with Crippen LogP contribution in [0.25, 0.3) is 0 Å². The summed E-state index contributed by atoms with van der Waals surface area (Å²) in [7, 11) is 0. The lowest BCUT2D eigenvalue weighted by Gasteiger charge is -2.25. The van der Waals surface area contributed by atoms with Gasteiger partial charge in [0.2, 0.25) is 0 Å². The van der Waals surface area contributed by atoms with E-state index in [0.717, 1.165) is 34.0 Å². The zero-order valence-electron chi connectivity index (χ0n) is 15.3. The van der Waals surface area contributed by atoms with Crippen molar-refractivity contribution in [3.8, 4) is 5.75 Å². The monoisotopic (exact) mass is 370 g/mol. The molecule has 0 saturated carbocycles. The Hall–Kier alpha value is -2.67. The lowest BCUT2D eigenvalue weighted by atomic mass is 10.2. The predicted octanol–water partition coefficient (Wildman–Crippen LogP) is 2.55. The zero-order chi connectivity index (χ0) is 19.0. The van der Waals surface area contributed by atoms with Crippen LogP contribution in [0.1, 0.15) is 48.7 Å². The second-order valence-corrected chi connectivity index (χ2v) is 7.07. The third kappa shape index (κ3) is 3.23. The van der Waals surface area contributed by atoms with E-state index in [-0.39, 0.29) is 5.56 Å². The van der Waals surface area contributed by atoms with Crippen LogP contribution in [0.5, 0.6) is 5.75 Å². The van der Waals surface area contributed by atoms with Crippen molar-refractivity contribution < 1.29 is 14.3 Å². The molecule has 2 heterocycles.